The minimum atomic E-state index is 0.860. The fourth-order valence-electron chi connectivity index (χ4n) is 8.76. The molecule has 0 atom stereocenters. The second kappa shape index (κ2) is 15.1. The molecule has 0 fully saturated rings. The summed E-state index contributed by atoms with van der Waals surface area (Å²) in [5.41, 5.74) is 16.5. The lowest BCUT2D eigenvalue weighted by molar-refractivity contribution is 0.670. The zero-order valence-corrected chi connectivity index (χ0v) is 32.9. The number of anilines is 3. The number of furan rings is 1. The van der Waals surface area contributed by atoms with Crippen LogP contribution >= 0.6 is 0 Å². The first-order valence-electron chi connectivity index (χ1n) is 20.5. The molecule has 0 unspecified atom stereocenters. The summed E-state index contributed by atoms with van der Waals surface area (Å²) < 4.78 is 6.93. The van der Waals surface area contributed by atoms with Crippen LogP contribution in [0.2, 0.25) is 0 Å². The van der Waals surface area contributed by atoms with Crippen LogP contribution < -0.4 is 4.90 Å². The van der Waals surface area contributed by atoms with Crippen molar-refractivity contribution in [3.63, 3.8) is 0 Å². The normalized spacial score (nSPS) is 11.3. The van der Waals surface area contributed by atoms with E-state index in [2.05, 4.69) is 241 Å². The summed E-state index contributed by atoms with van der Waals surface area (Å²) >= 11 is 0. The summed E-state index contributed by atoms with van der Waals surface area (Å²) in [6, 6.07) is 84.8. The summed E-state index contributed by atoms with van der Waals surface area (Å²) in [4.78, 5) is 2.43. The third-order valence-corrected chi connectivity index (χ3v) is 11.7. The van der Waals surface area contributed by atoms with Crippen molar-refractivity contribution in [2.45, 2.75) is 0 Å². The Labute approximate surface area is 349 Å². The average Bonchev–Trinajstić information content (AvgIpc) is 3.73. The number of fused-ring (bicyclic) bond motifs is 4. The van der Waals surface area contributed by atoms with Crippen LogP contribution in [0, 0.1) is 0 Å². The number of benzene rings is 10. The maximum absolute atomic E-state index is 6.93. The molecule has 0 spiro atoms. The highest BCUT2D eigenvalue weighted by Crippen LogP contribution is 2.49. The van der Waals surface area contributed by atoms with Crippen molar-refractivity contribution in [2.24, 2.45) is 0 Å². The van der Waals surface area contributed by atoms with Crippen LogP contribution in [0.1, 0.15) is 0 Å². The van der Waals surface area contributed by atoms with E-state index >= 15 is 0 Å². The van der Waals surface area contributed by atoms with Gasteiger partial charge in [0.05, 0.1) is 16.8 Å². The van der Waals surface area contributed by atoms with Crippen molar-refractivity contribution in [1.29, 1.82) is 0 Å². The zero-order chi connectivity index (χ0) is 39.8. The number of hydrogen-bond acceptors (Lipinski definition) is 2. The molecule has 0 radical (unpaired) electrons. The standard InChI is InChI=1S/C58H39NO/c1-4-15-40(16-5-1)42-27-29-43(30-28-42)44-31-34-48(35-32-44)59(54-37-33-47(41-17-6-2-7-18-41)39-53(54)46-19-8-3-9-20-46)55-38-36-51(50-25-14-22-45-21-10-11-23-49(45)50)58-57(55)52-24-12-13-26-56(52)60-58/h1-39H. The monoisotopic (exact) mass is 765 g/mol. The molecule has 0 bridgehead atoms. The molecule has 1 heterocycles. The van der Waals surface area contributed by atoms with Gasteiger partial charge in [-0.3, -0.25) is 0 Å². The van der Waals surface area contributed by atoms with Crippen LogP contribution in [-0.4, -0.2) is 0 Å². The molecule has 0 saturated heterocycles. The predicted molar refractivity (Wildman–Crippen MR) is 253 cm³/mol. The lowest BCUT2D eigenvalue weighted by Crippen LogP contribution is -2.12. The van der Waals surface area contributed by atoms with Crippen molar-refractivity contribution >= 4 is 49.8 Å². The number of hydrogen-bond donors (Lipinski definition) is 0. The number of nitrogens with zero attached hydrogens (tertiary/aromatic N) is 1. The zero-order valence-electron chi connectivity index (χ0n) is 32.9. The SMILES string of the molecule is c1ccc(-c2ccc(-c3ccc(N(c4ccc(-c5ccccc5)cc4-c4ccccc4)c4ccc(-c5cccc6ccccc56)c5oc6ccccc6c45)cc3)cc2)cc1. The summed E-state index contributed by atoms with van der Waals surface area (Å²) in [5.74, 6) is 0. The van der Waals surface area contributed by atoms with Crippen molar-refractivity contribution < 1.29 is 4.42 Å². The maximum Gasteiger partial charge on any atom is 0.145 e. The van der Waals surface area contributed by atoms with Crippen LogP contribution in [0.25, 0.3) is 88.3 Å². The lowest BCUT2D eigenvalue weighted by atomic mass is 9.94. The first-order valence-corrected chi connectivity index (χ1v) is 20.5. The Morgan fingerprint density at radius 3 is 1.48 bits per heavy atom. The van der Waals surface area contributed by atoms with E-state index in [9.17, 15) is 0 Å². The summed E-state index contributed by atoms with van der Waals surface area (Å²) in [5, 5.41) is 4.54. The molecule has 0 saturated carbocycles. The molecular weight excluding hydrogens is 727 g/mol. The van der Waals surface area contributed by atoms with Gasteiger partial charge >= 0.3 is 0 Å². The van der Waals surface area contributed by atoms with Gasteiger partial charge in [0, 0.05) is 22.2 Å². The van der Waals surface area contributed by atoms with E-state index in [0.29, 0.717) is 0 Å². The molecule has 10 aromatic carbocycles. The highest BCUT2D eigenvalue weighted by atomic mass is 16.3. The maximum atomic E-state index is 6.93. The topological polar surface area (TPSA) is 16.4 Å². The molecule has 0 aliphatic rings. The van der Waals surface area contributed by atoms with Crippen molar-refractivity contribution in [2.75, 3.05) is 4.90 Å². The summed E-state index contributed by atoms with van der Waals surface area (Å²) in [6.07, 6.45) is 0. The third-order valence-electron chi connectivity index (χ3n) is 11.7. The van der Waals surface area contributed by atoms with E-state index in [1.807, 2.05) is 0 Å². The van der Waals surface area contributed by atoms with Crippen molar-refractivity contribution in [1.82, 2.24) is 0 Å². The molecule has 0 aliphatic carbocycles. The molecule has 11 rings (SSSR count). The van der Waals surface area contributed by atoms with Crippen molar-refractivity contribution in [3.8, 4) is 55.6 Å². The largest absolute Gasteiger partial charge is 0.455 e. The van der Waals surface area contributed by atoms with E-state index in [1.54, 1.807) is 0 Å². The fraction of sp³-hybridized carbons (Fsp3) is 0. The second-order valence-corrected chi connectivity index (χ2v) is 15.3. The molecule has 11 aromatic rings. The van der Waals surface area contributed by atoms with Crippen LogP contribution in [0.15, 0.2) is 241 Å². The van der Waals surface area contributed by atoms with Gasteiger partial charge in [0.15, 0.2) is 0 Å². The van der Waals surface area contributed by atoms with Crippen LogP contribution in [0.5, 0.6) is 0 Å². The minimum Gasteiger partial charge on any atom is -0.455 e. The predicted octanol–water partition coefficient (Wildman–Crippen LogP) is 16.5. The number of para-hydroxylation sites is 1. The highest BCUT2D eigenvalue weighted by molar-refractivity contribution is 6.19. The van der Waals surface area contributed by atoms with E-state index in [-0.39, 0.29) is 0 Å². The Morgan fingerprint density at radius 2 is 0.800 bits per heavy atom. The Bertz CT molecular complexity index is 3270. The van der Waals surface area contributed by atoms with Gasteiger partial charge < -0.3 is 9.32 Å². The van der Waals surface area contributed by atoms with Gasteiger partial charge in [0.2, 0.25) is 0 Å². The van der Waals surface area contributed by atoms with Crippen molar-refractivity contribution in [3.05, 3.63) is 237 Å². The van der Waals surface area contributed by atoms with Crippen LogP contribution in [0.4, 0.5) is 17.1 Å². The molecule has 1 aromatic heterocycles. The molecule has 2 nitrogen and oxygen atoms in total. The molecule has 0 N–H and O–H groups in total. The quantitative estimate of drug-likeness (QED) is 0.153. The fourth-order valence-corrected chi connectivity index (χ4v) is 8.76. The third kappa shape index (κ3) is 6.32. The Morgan fingerprint density at radius 1 is 0.300 bits per heavy atom. The molecule has 2 heteroatoms. The van der Waals surface area contributed by atoms with Gasteiger partial charge in [-0.1, -0.05) is 194 Å². The first kappa shape index (κ1) is 35.2. The number of rotatable bonds is 8. The average molecular weight is 766 g/mol. The van der Waals surface area contributed by atoms with Gasteiger partial charge in [-0.2, -0.15) is 0 Å². The van der Waals surface area contributed by atoms with Crippen LogP contribution in [0.3, 0.4) is 0 Å². The lowest BCUT2D eigenvalue weighted by Gasteiger charge is -2.29. The van der Waals surface area contributed by atoms with Gasteiger partial charge in [0.1, 0.15) is 11.2 Å². The molecule has 0 aliphatic heterocycles. The van der Waals surface area contributed by atoms with Gasteiger partial charge in [0.25, 0.3) is 0 Å². The Kier molecular flexibility index (Phi) is 8.87. The van der Waals surface area contributed by atoms with Gasteiger partial charge in [-0.25, -0.2) is 0 Å². The molecule has 60 heavy (non-hydrogen) atoms. The van der Waals surface area contributed by atoms with Gasteiger partial charge in [-0.05, 0) is 97.7 Å². The first-order chi connectivity index (χ1) is 29.8. The Balaban J connectivity index is 1.14. The highest BCUT2D eigenvalue weighted by Gasteiger charge is 2.25. The summed E-state index contributed by atoms with van der Waals surface area (Å²) in [7, 11) is 0. The molecule has 0 amide bonds. The van der Waals surface area contributed by atoms with E-state index in [0.717, 1.165) is 72.4 Å². The van der Waals surface area contributed by atoms with E-state index in [4.69, 9.17) is 4.42 Å². The minimum absolute atomic E-state index is 0.860. The smallest absolute Gasteiger partial charge is 0.145 e. The van der Waals surface area contributed by atoms with Crippen LogP contribution in [-0.2, 0) is 0 Å². The Hall–Kier alpha value is -7.94. The second-order valence-electron chi connectivity index (χ2n) is 15.3. The molecular formula is C58H39NO. The molecule has 282 valence electrons. The van der Waals surface area contributed by atoms with E-state index in [1.165, 1.54) is 33.0 Å². The summed E-state index contributed by atoms with van der Waals surface area (Å²) in [6.45, 7) is 0. The van der Waals surface area contributed by atoms with Gasteiger partial charge in [-0.15, -0.1) is 0 Å². The van der Waals surface area contributed by atoms with E-state index < -0.39 is 0 Å².